The average Bonchev–Trinajstić information content (AvgIpc) is 2.86. The van der Waals surface area contributed by atoms with E-state index in [9.17, 15) is 14.7 Å². The van der Waals surface area contributed by atoms with Crippen LogP contribution in [0.5, 0.6) is 0 Å². The van der Waals surface area contributed by atoms with E-state index in [4.69, 9.17) is 0 Å². The number of amides is 1. The zero-order valence-corrected chi connectivity index (χ0v) is 14.5. The molecule has 3 rings (SSSR count). The lowest BCUT2D eigenvalue weighted by Crippen LogP contribution is -2.16. The van der Waals surface area contributed by atoms with Crippen LogP contribution in [0.1, 0.15) is 26.4 Å². The summed E-state index contributed by atoms with van der Waals surface area (Å²) in [6.45, 7) is 5.65. The summed E-state index contributed by atoms with van der Waals surface area (Å²) in [6.07, 6.45) is 0.689. The molecule has 0 unspecified atom stereocenters. The first-order valence-electron chi connectivity index (χ1n) is 7.52. The Hall–Kier alpha value is -2.66. The predicted molar refractivity (Wildman–Crippen MR) is 97.6 cm³/mol. The summed E-state index contributed by atoms with van der Waals surface area (Å²) in [5.41, 5.74) is 2.69. The SMILES string of the molecule is Cc1sc(N(C=O)c2ccc(C)c3ccccc23)c(C(=O)O)c1C. The van der Waals surface area contributed by atoms with Crippen LogP contribution < -0.4 is 4.90 Å². The number of rotatable bonds is 4. The largest absolute Gasteiger partial charge is 0.478 e. The van der Waals surface area contributed by atoms with Crippen molar-refractivity contribution in [2.24, 2.45) is 0 Å². The van der Waals surface area contributed by atoms with Gasteiger partial charge in [-0.25, -0.2) is 4.79 Å². The third-order valence-corrected chi connectivity index (χ3v) is 5.49. The predicted octanol–water partition coefficient (Wildman–Crippen LogP) is 4.82. The molecule has 0 atom stereocenters. The smallest absolute Gasteiger partial charge is 0.339 e. The Bertz CT molecular complexity index is 959. The van der Waals surface area contributed by atoms with E-state index in [1.807, 2.05) is 50.2 Å². The maximum atomic E-state index is 11.9. The van der Waals surface area contributed by atoms with Crippen molar-refractivity contribution >= 4 is 45.2 Å². The van der Waals surface area contributed by atoms with Crippen LogP contribution in [0.2, 0.25) is 0 Å². The highest BCUT2D eigenvalue weighted by Gasteiger charge is 2.25. The highest BCUT2D eigenvalue weighted by atomic mass is 32.1. The minimum Gasteiger partial charge on any atom is -0.478 e. The van der Waals surface area contributed by atoms with Gasteiger partial charge in [0, 0.05) is 10.3 Å². The van der Waals surface area contributed by atoms with Gasteiger partial charge in [0.25, 0.3) is 0 Å². The second-order valence-electron chi connectivity index (χ2n) is 5.69. The number of carbonyl (C=O) groups is 2. The molecule has 1 N–H and O–H groups in total. The molecule has 5 heteroatoms. The maximum absolute atomic E-state index is 11.9. The highest BCUT2D eigenvalue weighted by Crippen LogP contribution is 2.40. The van der Waals surface area contributed by atoms with E-state index in [0.29, 0.717) is 22.7 Å². The van der Waals surface area contributed by atoms with Crippen LogP contribution in [0.15, 0.2) is 36.4 Å². The number of hydrogen-bond donors (Lipinski definition) is 1. The van der Waals surface area contributed by atoms with Gasteiger partial charge in [0.05, 0.1) is 11.3 Å². The topological polar surface area (TPSA) is 57.6 Å². The number of nitrogens with zero attached hydrogens (tertiary/aromatic N) is 1. The number of aryl methyl sites for hydroxylation is 2. The normalized spacial score (nSPS) is 10.8. The summed E-state index contributed by atoms with van der Waals surface area (Å²) in [7, 11) is 0. The maximum Gasteiger partial charge on any atom is 0.339 e. The lowest BCUT2D eigenvalue weighted by atomic mass is 10.0. The first-order chi connectivity index (χ1) is 11.5. The standard InChI is InChI=1S/C19H17NO3S/c1-11-8-9-16(15-7-5-4-6-14(11)15)20(10-21)18-17(19(22)23)12(2)13(3)24-18/h4-10H,1-3H3,(H,22,23). The van der Waals surface area contributed by atoms with Crippen molar-refractivity contribution in [2.45, 2.75) is 20.8 Å². The molecule has 0 aliphatic carbocycles. The number of thiophene rings is 1. The molecule has 0 bridgehead atoms. The molecule has 0 fully saturated rings. The minimum atomic E-state index is -1.02. The van der Waals surface area contributed by atoms with E-state index < -0.39 is 5.97 Å². The number of anilines is 2. The van der Waals surface area contributed by atoms with Crippen LogP contribution >= 0.6 is 11.3 Å². The van der Waals surface area contributed by atoms with Crippen molar-refractivity contribution in [3.05, 3.63) is 58.0 Å². The first kappa shape index (κ1) is 16.2. The molecule has 4 nitrogen and oxygen atoms in total. The number of fused-ring (bicyclic) bond motifs is 1. The van der Waals surface area contributed by atoms with Gasteiger partial charge in [-0.2, -0.15) is 0 Å². The third-order valence-electron chi connectivity index (χ3n) is 4.28. The van der Waals surface area contributed by atoms with Crippen LogP contribution in [0, 0.1) is 20.8 Å². The summed E-state index contributed by atoms with van der Waals surface area (Å²) < 4.78 is 0. The van der Waals surface area contributed by atoms with Gasteiger partial charge >= 0.3 is 5.97 Å². The Morgan fingerprint density at radius 1 is 1.08 bits per heavy atom. The highest BCUT2D eigenvalue weighted by molar-refractivity contribution is 7.17. The van der Waals surface area contributed by atoms with Crippen molar-refractivity contribution in [1.82, 2.24) is 0 Å². The van der Waals surface area contributed by atoms with Crippen LogP contribution in [0.3, 0.4) is 0 Å². The number of benzene rings is 2. The fraction of sp³-hybridized carbons (Fsp3) is 0.158. The molecule has 3 aromatic rings. The van der Waals surface area contributed by atoms with Crippen molar-refractivity contribution in [3.63, 3.8) is 0 Å². The second kappa shape index (κ2) is 6.09. The molecule has 0 aliphatic rings. The Morgan fingerprint density at radius 2 is 1.75 bits per heavy atom. The Kier molecular flexibility index (Phi) is 4.11. The van der Waals surface area contributed by atoms with E-state index in [0.717, 1.165) is 21.2 Å². The van der Waals surface area contributed by atoms with Crippen LogP contribution in [0.4, 0.5) is 10.7 Å². The zero-order valence-electron chi connectivity index (χ0n) is 13.7. The van der Waals surface area contributed by atoms with Gasteiger partial charge in [0.1, 0.15) is 5.00 Å². The van der Waals surface area contributed by atoms with Gasteiger partial charge < -0.3 is 5.11 Å². The molecule has 2 aromatic carbocycles. The van der Waals surface area contributed by atoms with Crippen LogP contribution in [0.25, 0.3) is 10.8 Å². The third kappa shape index (κ3) is 2.47. The van der Waals surface area contributed by atoms with Crippen LogP contribution in [-0.4, -0.2) is 17.5 Å². The van der Waals surface area contributed by atoms with Gasteiger partial charge in [-0.3, -0.25) is 9.69 Å². The molecule has 1 amide bonds. The molecule has 0 saturated carbocycles. The fourth-order valence-electron chi connectivity index (χ4n) is 2.89. The van der Waals surface area contributed by atoms with E-state index in [1.165, 1.54) is 16.2 Å². The number of carboxylic acid groups (broad SMARTS) is 1. The summed E-state index contributed by atoms with van der Waals surface area (Å²) in [5.74, 6) is -1.02. The molecule has 1 aromatic heterocycles. The lowest BCUT2D eigenvalue weighted by Gasteiger charge is -2.19. The van der Waals surface area contributed by atoms with E-state index in [-0.39, 0.29) is 5.56 Å². The average molecular weight is 339 g/mol. The van der Waals surface area contributed by atoms with E-state index in [2.05, 4.69) is 0 Å². The molecule has 24 heavy (non-hydrogen) atoms. The quantitative estimate of drug-likeness (QED) is 0.693. The van der Waals surface area contributed by atoms with E-state index in [1.54, 1.807) is 6.92 Å². The van der Waals surface area contributed by atoms with Gasteiger partial charge in [-0.15, -0.1) is 11.3 Å². The van der Waals surface area contributed by atoms with Crippen LogP contribution in [-0.2, 0) is 4.79 Å². The number of carbonyl (C=O) groups excluding carboxylic acids is 1. The Balaban J connectivity index is 2.29. The van der Waals surface area contributed by atoms with Crippen molar-refractivity contribution < 1.29 is 14.7 Å². The molecule has 0 saturated heterocycles. The summed E-state index contributed by atoms with van der Waals surface area (Å²) in [6, 6.07) is 11.6. The summed E-state index contributed by atoms with van der Waals surface area (Å²) in [5, 5.41) is 12.0. The summed E-state index contributed by atoms with van der Waals surface area (Å²) in [4.78, 5) is 25.9. The van der Waals surface area contributed by atoms with Crippen molar-refractivity contribution in [1.29, 1.82) is 0 Å². The molecular formula is C19H17NO3S. The minimum absolute atomic E-state index is 0.189. The molecule has 1 heterocycles. The zero-order chi connectivity index (χ0) is 17.4. The first-order valence-corrected chi connectivity index (χ1v) is 8.33. The van der Waals surface area contributed by atoms with Crippen molar-refractivity contribution in [3.8, 4) is 0 Å². The Labute approximate surface area is 144 Å². The summed E-state index contributed by atoms with van der Waals surface area (Å²) >= 11 is 1.32. The number of aromatic carboxylic acids is 1. The number of hydrogen-bond acceptors (Lipinski definition) is 3. The fourth-order valence-corrected chi connectivity index (χ4v) is 4.02. The van der Waals surface area contributed by atoms with Gasteiger partial charge in [-0.05, 0) is 43.4 Å². The number of carboxylic acids is 1. The van der Waals surface area contributed by atoms with Gasteiger partial charge in [0.15, 0.2) is 0 Å². The monoisotopic (exact) mass is 339 g/mol. The second-order valence-corrected chi connectivity index (χ2v) is 6.89. The van der Waals surface area contributed by atoms with Gasteiger partial charge in [-0.1, -0.05) is 30.3 Å². The Morgan fingerprint density at radius 3 is 2.38 bits per heavy atom. The molecule has 0 spiro atoms. The molecule has 0 aliphatic heterocycles. The molecule has 0 radical (unpaired) electrons. The molecule has 122 valence electrons. The van der Waals surface area contributed by atoms with Gasteiger partial charge in [0.2, 0.25) is 6.41 Å². The molecular weight excluding hydrogens is 322 g/mol. The van der Waals surface area contributed by atoms with E-state index >= 15 is 0 Å². The lowest BCUT2D eigenvalue weighted by molar-refractivity contribution is -0.106. The van der Waals surface area contributed by atoms with Crippen molar-refractivity contribution in [2.75, 3.05) is 4.90 Å².